The number of carbonyl (C=O) groups excluding carboxylic acids is 1. The lowest BCUT2D eigenvalue weighted by atomic mass is 9.70. The van der Waals surface area contributed by atoms with Crippen molar-refractivity contribution >= 4 is 11.6 Å². The highest BCUT2D eigenvalue weighted by Crippen LogP contribution is 2.51. The van der Waals surface area contributed by atoms with Crippen LogP contribution in [-0.2, 0) is 22.8 Å². The summed E-state index contributed by atoms with van der Waals surface area (Å²) in [5, 5.41) is 12.1. The summed E-state index contributed by atoms with van der Waals surface area (Å²) in [5.74, 6) is 0.0742. The number of rotatable bonds is 2. The molecule has 0 bridgehead atoms. The molecule has 0 saturated carbocycles. The zero-order chi connectivity index (χ0) is 21.1. The predicted octanol–water partition coefficient (Wildman–Crippen LogP) is 4.03. The number of halogens is 3. The first kappa shape index (κ1) is 18.5. The first-order valence-electron chi connectivity index (χ1n) is 9.25. The van der Waals surface area contributed by atoms with Gasteiger partial charge < -0.3 is 15.2 Å². The second-order valence-electron chi connectivity index (χ2n) is 7.25. The van der Waals surface area contributed by atoms with Crippen molar-refractivity contribution in [1.29, 1.82) is 0 Å². The molecule has 30 heavy (non-hydrogen) atoms. The van der Waals surface area contributed by atoms with Crippen molar-refractivity contribution in [2.24, 2.45) is 0 Å². The molecule has 5 nitrogen and oxygen atoms in total. The molecule has 3 heterocycles. The molecule has 0 spiro atoms. The second-order valence-corrected chi connectivity index (χ2v) is 7.25. The molecule has 0 aliphatic carbocycles. The maximum Gasteiger partial charge on any atom is 0.435 e. The molecule has 0 saturated heterocycles. The number of hydrogen-bond donors (Lipinski definition) is 2. The summed E-state index contributed by atoms with van der Waals surface area (Å²) in [6.07, 6.45) is -3.02. The molecule has 3 aromatic rings. The summed E-state index contributed by atoms with van der Waals surface area (Å²) in [7, 11) is 0. The van der Waals surface area contributed by atoms with E-state index in [1.807, 2.05) is 0 Å². The fraction of sp³-hybridized carbons (Fsp3) is 0.182. The first-order chi connectivity index (χ1) is 14.3. The minimum Gasteiger partial charge on any atom is -0.508 e. The monoisotopic (exact) mass is 412 g/mol. The van der Waals surface area contributed by atoms with Gasteiger partial charge in [0.15, 0.2) is 5.69 Å². The molecule has 152 valence electrons. The number of anilines is 1. The topological polar surface area (TPSA) is 71.5 Å². The maximum absolute atomic E-state index is 13.6. The summed E-state index contributed by atoms with van der Waals surface area (Å²) >= 11 is 0. The minimum absolute atomic E-state index is 0.0133. The maximum atomic E-state index is 13.6. The zero-order valence-corrected chi connectivity index (χ0v) is 15.5. The molecule has 5 rings (SSSR count). The normalized spacial score (nSPS) is 19.8. The molecule has 0 radical (unpaired) electrons. The molecule has 1 aromatic heterocycles. The molecular formula is C22H15F3N2O3. The van der Waals surface area contributed by atoms with Crippen molar-refractivity contribution in [2.75, 3.05) is 11.9 Å². The van der Waals surface area contributed by atoms with Gasteiger partial charge in [0.2, 0.25) is 5.91 Å². The van der Waals surface area contributed by atoms with Crippen LogP contribution in [-0.4, -0.2) is 22.6 Å². The third-order valence-corrected chi connectivity index (χ3v) is 5.63. The number of pyridine rings is 1. The van der Waals surface area contributed by atoms with Gasteiger partial charge in [-0.15, -0.1) is 0 Å². The Labute approximate surface area is 169 Å². The average Bonchev–Trinajstić information content (AvgIpc) is 3.29. The van der Waals surface area contributed by atoms with Crippen LogP contribution in [0.25, 0.3) is 0 Å². The third kappa shape index (κ3) is 2.49. The Kier molecular flexibility index (Phi) is 3.83. The molecule has 1 atom stereocenters. The fourth-order valence-electron chi connectivity index (χ4n) is 4.32. The van der Waals surface area contributed by atoms with Crippen molar-refractivity contribution in [1.82, 2.24) is 4.98 Å². The van der Waals surface area contributed by atoms with Gasteiger partial charge >= 0.3 is 6.18 Å². The summed E-state index contributed by atoms with van der Waals surface area (Å²) in [4.78, 5) is 16.9. The van der Waals surface area contributed by atoms with E-state index in [4.69, 9.17) is 4.74 Å². The van der Waals surface area contributed by atoms with Crippen LogP contribution >= 0.6 is 0 Å². The Hall–Kier alpha value is -3.55. The standard InChI is InChI=1S/C22H15F3N2O3/c23-22(24,25)19-18-16(7-9-26-19)21(20(29)27-18,13-1-4-15(28)5-2-13)14-3-6-17-12(11-14)8-10-30-17/h1-7,9,11,28H,8,10H2,(H,27,29). The van der Waals surface area contributed by atoms with Crippen LogP contribution in [0, 0.1) is 0 Å². The van der Waals surface area contributed by atoms with E-state index in [1.165, 1.54) is 18.2 Å². The number of carbonyl (C=O) groups is 1. The Morgan fingerprint density at radius 3 is 2.53 bits per heavy atom. The van der Waals surface area contributed by atoms with E-state index in [0.29, 0.717) is 29.9 Å². The molecule has 1 unspecified atom stereocenters. The van der Waals surface area contributed by atoms with Gasteiger partial charge in [0.25, 0.3) is 0 Å². The van der Waals surface area contributed by atoms with Crippen LogP contribution in [0.4, 0.5) is 18.9 Å². The number of phenolic OH excluding ortho intramolecular Hbond substituents is 1. The van der Waals surface area contributed by atoms with E-state index < -0.39 is 23.2 Å². The van der Waals surface area contributed by atoms with Crippen molar-refractivity contribution in [3.05, 3.63) is 82.7 Å². The minimum atomic E-state index is -4.73. The number of nitrogens with one attached hydrogen (secondary N) is 1. The second kappa shape index (κ2) is 6.22. The van der Waals surface area contributed by atoms with E-state index >= 15 is 0 Å². The van der Waals surface area contributed by atoms with Crippen LogP contribution < -0.4 is 10.1 Å². The van der Waals surface area contributed by atoms with Crippen LogP contribution in [0.5, 0.6) is 11.5 Å². The molecule has 2 N–H and O–H groups in total. The van der Waals surface area contributed by atoms with Gasteiger partial charge in [0, 0.05) is 18.2 Å². The highest BCUT2D eigenvalue weighted by Gasteiger charge is 2.53. The highest BCUT2D eigenvalue weighted by atomic mass is 19.4. The number of phenols is 1. The highest BCUT2D eigenvalue weighted by molar-refractivity contribution is 6.11. The van der Waals surface area contributed by atoms with Gasteiger partial charge in [0.1, 0.15) is 16.9 Å². The number of aromatic nitrogens is 1. The van der Waals surface area contributed by atoms with Crippen molar-refractivity contribution < 1.29 is 27.8 Å². The number of amides is 1. The predicted molar refractivity (Wildman–Crippen MR) is 101 cm³/mol. The van der Waals surface area contributed by atoms with Crippen molar-refractivity contribution in [2.45, 2.75) is 18.0 Å². The Balaban J connectivity index is 1.84. The third-order valence-electron chi connectivity index (χ3n) is 5.63. The lowest BCUT2D eigenvalue weighted by Gasteiger charge is -2.29. The quantitative estimate of drug-likeness (QED) is 0.667. The zero-order valence-electron chi connectivity index (χ0n) is 15.5. The van der Waals surface area contributed by atoms with E-state index in [0.717, 1.165) is 11.8 Å². The number of ether oxygens (including phenoxy) is 1. The summed E-state index contributed by atoms with van der Waals surface area (Å²) < 4.78 is 46.3. The average molecular weight is 412 g/mol. The van der Waals surface area contributed by atoms with Gasteiger partial charge in [-0.25, -0.2) is 4.98 Å². The molecule has 2 aliphatic heterocycles. The molecule has 2 aromatic carbocycles. The number of fused-ring (bicyclic) bond motifs is 2. The fourth-order valence-corrected chi connectivity index (χ4v) is 4.32. The lowest BCUT2D eigenvalue weighted by Crippen LogP contribution is -2.37. The Bertz CT molecular complexity index is 1180. The van der Waals surface area contributed by atoms with E-state index in [9.17, 15) is 23.1 Å². The smallest absolute Gasteiger partial charge is 0.435 e. The van der Waals surface area contributed by atoms with E-state index in [1.54, 1.807) is 30.3 Å². The van der Waals surface area contributed by atoms with Gasteiger partial charge in [-0.2, -0.15) is 13.2 Å². The van der Waals surface area contributed by atoms with Crippen molar-refractivity contribution in [3.8, 4) is 11.5 Å². The largest absolute Gasteiger partial charge is 0.508 e. The lowest BCUT2D eigenvalue weighted by molar-refractivity contribution is -0.140. The molecular weight excluding hydrogens is 397 g/mol. The number of alkyl halides is 3. The van der Waals surface area contributed by atoms with E-state index in [2.05, 4.69) is 10.3 Å². The molecule has 2 aliphatic rings. The number of aromatic hydroxyl groups is 1. The number of hydrogen-bond acceptors (Lipinski definition) is 4. The SMILES string of the molecule is O=C1Nc2c(ccnc2C(F)(F)F)C1(c1ccc(O)cc1)c1ccc2c(c1)CCO2. The number of nitrogens with zero attached hydrogens (tertiary/aromatic N) is 1. The Morgan fingerprint density at radius 2 is 1.80 bits per heavy atom. The summed E-state index contributed by atoms with van der Waals surface area (Å²) in [6, 6.07) is 12.6. The van der Waals surface area contributed by atoms with Crippen LogP contribution in [0.1, 0.15) is 27.9 Å². The van der Waals surface area contributed by atoms with Gasteiger partial charge in [-0.05, 0) is 41.0 Å². The van der Waals surface area contributed by atoms with Gasteiger partial charge in [-0.1, -0.05) is 24.3 Å². The molecule has 1 amide bonds. The van der Waals surface area contributed by atoms with Gasteiger partial charge in [0.05, 0.1) is 12.3 Å². The molecule has 0 fully saturated rings. The van der Waals surface area contributed by atoms with Crippen molar-refractivity contribution in [3.63, 3.8) is 0 Å². The van der Waals surface area contributed by atoms with Crippen LogP contribution in [0.15, 0.2) is 54.7 Å². The van der Waals surface area contributed by atoms with E-state index in [-0.39, 0.29) is 17.0 Å². The summed E-state index contributed by atoms with van der Waals surface area (Å²) in [6.45, 7) is 0.510. The van der Waals surface area contributed by atoms with Crippen LogP contribution in [0.3, 0.4) is 0 Å². The number of benzene rings is 2. The van der Waals surface area contributed by atoms with Gasteiger partial charge in [-0.3, -0.25) is 4.79 Å². The Morgan fingerprint density at radius 1 is 1.07 bits per heavy atom. The van der Waals surface area contributed by atoms with Crippen LogP contribution in [0.2, 0.25) is 0 Å². The summed E-state index contributed by atoms with van der Waals surface area (Å²) in [5.41, 5.74) is -0.999. The molecule has 8 heteroatoms. The first-order valence-corrected chi connectivity index (χ1v) is 9.25.